The Morgan fingerprint density at radius 1 is 1.00 bits per heavy atom. The number of piperazine rings is 1. The van der Waals surface area contributed by atoms with Gasteiger partial charge in [-0.3, -0.25) is 4.90 Å². The maximum absolute atomic E-state index is 3.55. The van der Waals surface area contributed by atoms with Crippen molar-refractivity contribution in [1.29, 1.82) is 0 Å². The number of nitrogens with one attached hydrogen (secondary N) is 1. The van der Waals surface area contributed by atoms with Crippen molar-refractivity contribution in [2.24, 2.45) is 5.41 Å². The first-order valence-electron chi connectivity index (χ1n) is 6.59. The van der Waals surface area contributed by atoms with E-state index < -0.39 is 0 Å². The highest BCUT2D eigenvalue weighted by Crippen LogP contribution is 2.16. The molecule has 0 atom stereocenters. The van der Waals surface area contributed by atoms with Crippen molar-refractivity contribution < 1.29 is 0 Å². The monoisotopic (exact) mass is 227 g/mol. The van der Waals surface area contributed by atoms with E-state index in [-0.39, 0.29) is 0 Å². The Balaban J connectivity index is 1.95. The molecule has 1 aliphatic heterocycles. The van der Waals surface area contributed by atoms with Gasteiger partial charge in [0, 0.05) is 39.3 Å². The molecule has 0 spiro atoms. The SMILES string of the molecule is CN1CCN(CCNCCC(C)(C)C)CC1. The summed E-state index contributed by atoms with van der Waals surface area (Å²) in [6, 6.07) is 0. The summed E-state index contributed by atoms with van der Waals surface area (Å²) < 4.78 is 0. The van der Waals surface area contributed by atoms with Crippen LogP contribution in [0.5, 0.6) is 0 Å². The van der Waals surface area contributed by atoms with E-state index in [2.05, 4.69) is 42.9 Å². The lowest BCUT2D eigenvalue weighted by Crippen LogP contribution is -2.46. The van der Waals surface area contributed by atoms with Gasteiger partial charge in [0.05, 0.1) is 0 Å². The van der Waals surface area contributed by atoms with Gasteiger partial charge < -0.3 is 10.2 Å². The van der Waals surface area contributed by atoms with Crippen molar-refractivity contribution in [2.75, 3.05) is 52.9 Å². The first kappa shape index (κ1) is 13.9. The molecule has 1 N–H and O–H groups in total. The van der Waals surface area contributed by atoms with Crippen LogP contribution in [0.3, 0.4) is 0 Å². The fourth-order valence-corrected chi connectivity index (χ4v) is 1.90. The van der Waals surface area contributed by atoms with Gasteiger partial charge in [-0.1, -0.05) is 20.8 Å². The molecule has 1 fully saturated rings. The van der Waals surface area contributed by atoms with Crippen molar-refractivity contribution >= 4 is 0 Å². The minimum atomic E-state index is 0.459. The zero-order chi connectivity index (χ0) is 12.0. The van der Waals surface area contributed by atoms with Crippen LogP contribution >= 0.6 is 0 Å². The summed E-state index contributed by atoms with van der Waals surface area (Å²) >= 11 is 0. The smallest absolute Gasteiger partial charge is 0.0110 e. The highest BCUT2D eigenvalue weighted by Gasteiger charge is 2.13. The van der Waals surface area contributed by atoms with Crippen molar-refractivity contribution in [3.63, 3.8) is 0 Å². The van der Waals surface area contributed by atoms with Crippen molar-refractivity contribution in [1.82, 2.24) is 15.1 Å². The van der Waals surface area contributed by atoms with Gasteiger partial charge in [-0.05, 0) is 25.4 Å². The van der Waals surface area contributed by atoms with E-state index in [1.807, 2.05) is 0 Å². The summed E-state index contributed by atoms with van der Waals surface area (Å²) in [5.41, 5.74) is 0.459. The van der Waals surface area contributed by atoms with Crippen molar-refractivity contribution in [2.45, 2.75) is 27.2 Å². The standard InChI is InChI=1S/C13H29N3/c1-13(2,3)5-6-14-7-8-16-11-9-15(4)10-12-16/h14H,5-12H2,1-4H3. The van der Waals surface area contributed by atoms with Crippen LogP contribution in [0.2, 0.25) is 0 Å². The summed E-state index contributed by atoms with van der Waals surface area (Å²) in [6.07, 6.45) is 1.26. The second kappa shape index (κ2) is 6.58. The topological polar surface area (TPSA) is 18.5 Å². The van der Waals surface area contributed by atoms with Crippen LogP contribution in [0.15, 0.2) is 0 Å². The quantitative estimate of drug-likeness (QED) is 0.713. The van der Waals surface area contributed by atoms with Gasteiger partial charge in [0.2, 0.25) is 0 Å². The molecule has 0 radical (unpaired) electrons. The van der Waals surface area contributed by atoms with Crippen molar-refractivity contribution in [3.05, 3.63) is 0 Å². The molecule has 0 amide bonds. The first-order chi connectivity index (χ1) is 7.47. The lowest BCUT2D eigenvalue weighted by Gasteiger charge is -2.32. The Hall–Kier alpha value is -0.120. The molecule has 0 saturated carbocycles. The Bertz CT molecular complexity index is 178. The first-order valence-corrected chi connectivity index (χ1v) is 6.59. The van der Waals surface area contributed by atoms with Crippen LogP contribution in [0.25, 0.3) is 0 Å². The fraction of sp³-hybridized carbons (Fsp3) is 1.00. The molecule has 3 nitrogen and oxygen atoms in total. The van der Waals surface area contributed by atoms with Gasteiger partial charge in [0.1, 0.15) is 0 Å². The predicted octanol–water partition coefficient (Wildman–Crippen LogP) is 1.26. The van der Waals surface area contributed by atoms with Crippen LogP contribution < -0.4 is 5.32 Å². The zero-order valence-corrected chi connectivity index (χ0v) is 11.6. The maximum Gasteiger partial charge on any atom is 0.0110 e. The van der Waals surface area contributed by atoms with E-state index in [1.165, 1.54) is 39.1 Å². The molecule has 1 rings (SSSR count). The average Bonchev–Trinajstić information content (AvgIpc) is 2.19. The second-order valence-electron chi connectivity index (χ2n) is 6.21. The van der Waals surface area contributed by atoms with E-state index >= 15 is 0 Å². The van der Waals surface area contributed by atoms with Crippen LogP contribution in [-0.2, 0) is 0 Å². The summed E-state index contributed by atoms with van der Waals surface area (Å²) in [6.45, 7) is 15.3. The molecule has 3 heteroatoms. The highest BCUT2D eigenvalue weighted by molar-refractivity contribution is 4.70. The van der Waals surface area contributed by atoms with Gasteiger partial charge in [0.15, 0.2) is 0 Å². The van der Waals surface area contributed by atoms with Gasteiger partial charge >= 0.3 is 0 Å². The van der Waals surface area contributed by atoms with Crippen LogP contribution in [-0.4, -0.2) is 62.7 Å². The van der Waals surface area contributed by atoms with Crippen LogP contribution in [0, 0.1) is 5.41 Å². The van der Waals surface area contributed by atoms with E-state index in [0.29, 0.717) is 5.41 Å². The molecule has 0 aliphatic carbocycles. The molecule has 0 unspecified atom stereocenters. The largest absolute Gasteiger partial charge is 0.315 e. The molecule has 96 valence electrons. The van der Waals surface area contributed by atoms with E-state index in [0.717, 1.165) is 13.1 Å². The third-order valence-electron chi connectivity index (χ3n) is 3.25. The molecule has 16 heavy (non-hydrogen) atoms. The van der Waals surface area contributed by atoms with E-state index in [4.69, 9.17) is 0 Å². The minimum Gasteiger partial charge on any atom is -0.315 e. The number of rotatable bonds is 5. The Morgan fingerprint density at radius 2 is 1.62 bits per heavy atom. The lowest BCUT2D eigenvalue weighted by molar-refractivity contribution is 0.154. The van der Waals surface area contributed by atoms with Crippen LogP contribution in [0.4, 0.5) is 0 Å². The molecule has 0 aromatic rings. The van der Waals surface area contributed by atoms with Gasteiger partial charge in [-0.15, -0.1) is 0 Å². The molecule has 0 aromatic heterocycles. The summed E-state index contributed by atoms with van der Waals surface area (Å²) in [4.78, 5) is 4.97. The van der Waals surface area contributed by atoms with Crippen molar-refractivity contribution in [3.8, 4) is 0 Å². The Morgan fingerprint density at radius 3 is 2.19 bits per heavy atom. The molecular weight excluding hydrogens is 198 g/mol. The predicted molar refractivity (Wildman–Crippen MR) is 70.9 cm³/mol. The molecule has 1 aliphatic rings. The average molecular weight is 227 g/mol. The molecule has 0 bridgehead atoms. The summed E-state index contributed by atoms with van der Waals surface area (Å²) in [7, 11) is 2.21. The van der Waals surface area contributed by atoms with E-state index in [1.54, 1.807) is 0 Å². The third kappa shape index (κ3) is 6.46. The minimum absolute atomic E-state index is 0.459. The zero-order valence-electron chi connectivity index (χ0n) is 11.6. The maximum atomic E-state index is 3.55. The normalized spacial score (nSPS) is 20.2. The van der Waals surface area contributed by atoms with Gasteiger partial charge in [-0.25, -0.2) is 0 Å². The van der Waals surface area contributed by atoms with Crippen LogP contribution in [0.1, 0.15) is 27.2 Å². The summed E-state index contributed by atoms with van der Waals surface area (Å²) in [5, 5.41) is 3.55. The lowest BCUT2D eigenvalue weighted by atomic mass is 9.92. The number of hydrogen-bond donors (Lipinski definition) is 1. The second-order valence-corrected chi connectivity index (χ2v) is 6.21. The van der Waals surface area contributed by atoms with Gasteiger partial charge in [0.25, 0.3) is 0 Å². The number of hydrogen-bond acceptors (Lipinski definition) is 3. The number of nitrogens with zero attached hydrogens (tertiary/aromatic N) is 2. The fourth-order valence-electron chi connectivity index (χ4n) is 1.90. The van der Waals surface area contributed by atoms with E-state index in [9.17, 15) is 0 Å². The molecule has 0 aromatic carbocycles. The third-order valence-corrected chi connectivity index (χ3v) is 3.25. The number of likely N-dealkylation sites (N-methyl/N-ethyl adjacent to an activating group) is 1. The molecular formula is C13H29N3. The Labute approximate surface area is 101 Å². The molecule has 1 saturated heterocycles. The van der Waals surface area contributed by atoms with Gasteiger partial charge in [-0.2, -0.15) is 0 Å². The highest BCUT2D eigenvalue weighted by atomic mass is 15.2. The molecule has 1 heterocycles. The Kier molecular flexibility index (Phi) is 5.73. The summed E-state index contributed by atoms with van der Waals surface area (Å²) in [5.74, 6) is 0.